The van der Waals surface area contributed by atoms with E-state index in [-0.39, 0.29) is 32.2 Å². The van der Waals surface area contributed by atoms with Crippen molar-refractivity contribution in [3.05, 3.63) is 53.6 Å². The van der Waals surface area contributed by atoms with Crippen LogP contribution in [0.4, 0.5) is 5.69 Å². The lowest BCUT2D eigenvalue weighted by Crippen LogP contribution is -2.56. The lowest BCUT2D eigenvalue weighted by Gasteiger charge is -2.38. The number of benzene rings is 1. The van der Waals surface area contributed by atoms with E-state index in [0.717, 1.165) is 0 Å². The number of nitrogens with zero attached hydrogens (tertiary/aromatic N) is 2. The van der Waals surface area contributed by atoms with E-state index >= 15 is 0 Å². The van der Waals surface area contributed by atoms with Gasteiger partial charge in [0.05, 0.1) is 12.5 Å². The number of cyclic esters (lactones) is 1. The van der Waals surface area contributed by atoms with Gasteiger partial charge < -0.3 is 24.4 Å². The molecule has 4 aliphatic heterocycles. The average Bonchev–Trinajstić information content (AvgIpc) is 3.07. The molecule has 8 nitrogen and oxygen atoms in total. The molecule has 2 fully saturated rings. The van der Waals surface area contributed by atoms with Crippen LogP contribution >= 0.6 is 11.6 Å². The van der Waals surface area contributed by atoms with Gasteiger partial charge in [-0.05, 0) is 36.8 Å². The van der Waals surface area contributed by atoms with Crippen molar-refractivity contribution in [2.75, 3.05) is 31.2 Å². The van der Waals surface area contributed by atoms with Crippen LogP contribution in [0.2, 0.25) is 5.02 Å². The summed E-state index contributed by atoms with van der Waals surface area (Å²) in [6.45, 7) is 1.89. The molecular weight excluding hydrogens is 448 g/mol. The number of esters is 1. The first kappa shape index (κ1) is 22.1. The Bertz CT molecular complexity index is 1060. The number of halogens is 1. The predicted octanol–water partition coefficient (Wildman–Crippen LogP) is 1.71. The van der Waals surface area contributed by atoms with Gasteiger partial charge in [-0.15, -0.1) is 0 Å². The highest BCUT2D eigenvalue weighted by atomic mass is 35.5. The molecule has 174 valence electrons. The zero-order valence-electron chi connectivity index (χ0n) is 18.1. The maximum atomic E-state index is 14.0. The van der Waals surface area contributed by atoms with Crippen LogP contribution in [-0.2, 0) is 23.9 Å². The van der Waals surface area contributed by atoms with Gasteiger partial charge in [0.25, 0.3) is 5.91 Å². The van der Waals surface area contributed by atoms with Gasteiger partial charge in [0.15, 0.2) is 0 Å². The zero-order chi connectivity index (χ0) is 23.4. The van der Waals surface area contributed by atoms with Crippen molar-refractivity contribution in [2.45, 2.75) is 30.6 Å². The molecule has 1 aromatic rings. The second kappa shape index (κ2) is 7.97. The van der Waals surface area contributed by atoms with Gasteiger partial charge in [0.1, 0.15) is 29.8 Å². The van der Waals surface area contributed by atoms with Crippen LogP contribution in [0, 0.1) is 11.8 Å². The second-order valence-electron chi connectivity index (χ2n) is 8.74. The average molecular weight is 473 g/mol. The first-order valence-corrected chi connectivity index (χ1v) is 11.5. The first-order valence-electron chi connectivity index (χ1n) is 11.1. The van der Waals surface area contributed by atoms with E-state index < -0.39 is 41.0 Å². The molecule has 9 heteroatoms. The maximum absolute atomic E-state index is 14.0. The van der Waals surface area contributed by atoms with Crippen molar-refractivity contribution in [1.82, 2.24) is 4.90 Å². The molecule has 1 aromatic carbocycles. The van der Waals surface area contributed by atoms with E-state index in [4.69, 9.17) is 21.1 Å². The molecule has 2 saturated heterocycles. The number of ether oxygens (including phenoxy) is 2. The minimum atomic E-state index is -1.36. The number of fused-ring (bicyclic) bond motifs is 2. The van der Waals surface area contributed by atoms with E-state index in [1.165, 1.54) is 4.90 Å². The fourth-order valence-corrected chi connectivity index (χ4v) is 5.92. The number of rotatable bonds is 4. The van der Waals surface area contributed by atoms with Crippen LogP contribution in [0.25, 0.3) is 0 Å². The Kier molecular flexibility index (Phi) is 5.34. The largest absolute Gasteiger partial charge is 0.461 e. The van der Waals surface area contributed by atoms with Crippen LogP contribution in [0.1, 0.15) is 13.3 Å². The minimum Gasteiger partial charge on any atom is -0.461 e. The van der Waals surface area contributed by atoms with Crippen LogP contribution < -0.4 is 4.90 Å². The molecule has 0 bridgehead atoms. The number of likely N-dealkylation sites (tertiary alicyclic amines) is 1. The van der Waals surface area contributed by atoms with Crippen molar-refractivity contribution in [3.8, 4) is 0 Å². The number of carbonyl (C=O) groups is 3. The molecule has 1 spiro atoms. The lowest BCUT2D eigenvalue weighted by atomic mass is 9.73. The van der Waals surface area contributed by atoms with Gasteiger partial charge in [-0.2, -0.15) is 0 Å². The van der Waals surface area contributed by atoms with Crippen molar-refractivity contribution < 1.29 is 29.0 Å². The third kappa shape index (κ3) is 3.08. The summed E-state index contributed by atoms with van der Waals surface area (Å²) in [5, 5.41) is 10.2. The zero-order valence-corrected chi connectivity index (χ0v) is 18.9. The van der Waals surface area contributed by atoms with Crippen LogP contribution in [0.3, 0.4) is 0 Å². The monoisotopic (exact) mass is 472 g/mol. The molecule has 0 aromatic heterocycles. The highest BCUT2D eigenvalue weighted by molar-refractivity contribution is 6.30. The van der Waals surface area contributed by atoms with Gasteiger partial charge >= 0.3 is 5.97 Å². The van der Waals surface area contributed by atoms with E-state index in [1.54, 1.807) is 53.5 Å². The predicted molar refractivity (Wildman–Crippen MR) is 119 cm³/mol. The standard InChI is InChI=1S/C24H25ClN2O6/c1-2-23-9-4-14-32-22(31)18(23)17-20(29)27(12-13-28)19-21(30)26(11-3-10-24(17,19)33-23)16-7-5-15(25)6-8-16/h3-10,17-19,28H,2,11-14H2,1H3/t17-,18-,19?,23+,24-/m0/s1. The summed E-state index contributed by atoms with van der Waals surface area (Å²) >= 11 is 6.02. The fourth-order valence-electron chi connectivity index (χ4n) is 5.80. The quantitative estimate of drug-likeness (QED) is 0.529. The molecule has 0 radical (unpaired) electrons. The number of anilines is 1. The molecule has 0 aliphatic carbocycles. The summed E-state index contributed by atoms with van der Waals surface area (Å²) in [5.41, 5.74) is -1.79. The Morgan fingerprint density at radius 1 is 1.09 bits per heavy atom. The molecule has 1 N–H and O–H groups in total. The minimum absolute atomic E-state index is 0.0458. The maximum Gasteiger partial charge on any atom is 0.313 e. The number of β-amino-alcohol motifs (C(OH)–C–C–N with tert-alkyl or cyclic N) is 1. The Morgan fingerprint density at radius 3 is 2.55 bits per heavy atom. The van der Waals surface area contributed by atoms with Gasteiger partial charge in [0, 0.05) is 23.8 Å². The topological polar surface area (TPSA) is 96.4 Å². The number of aliphatic hydroxyl groups is 1. The summed E-state index contributed by atoms with van der Waals surface area (Å²) in [6.07, 6.45) is 7.53. The Morgan fingerprint density at radius 2 is 1.85 bits per heavy atom. The van der Waals surface area contributed by atoms with Gasteiger partial charge in [0.2, 0.25) is 5.91 Å². The van der Waals surface area contributed by atoms with Crippen molar-refractivity contribution in [3.63, 3.8) is 0 Å². The normalized spacial score (nSPS) is 35.1. The van der Waals surface area contributed by atoms with E-state index in [0.29, 0.717) is 17.1 Å². The van der Waals surface area contributed by atoms with Crippen LogP contribution in [0.15, 0.2) is 48.6 Å². The highest BCUT2D eigenvalue weighted by Crippen LogP contribution is 2.58. The SMILES string of the molecule is CC[C@@]12C=CCOC(=O)[C@@H]1[C@H]1C(=O)N(CCO)C3C(=O)N(c4ccc(Cl)cc4)CC=C[C@@]31O2. The number of carbonyl (C=O) groups excluding carboxylic acids is 3. The number of aliphatic hydroxyl groups excluding tert-OH is 1. The Hall–Kier alpha value is -2.68. The van der Waals surface area contributed by atoms with Crippen molar-refractivity contribution in [1.29, 1.82) is 0 Å². The van der Waals surface area contributed by atoms with Crippen LogP contribution in [0.5, 0.6) is 0 Å². The van der Waals surface area contributed by atoms with Crippen molar-refractivity contribution >= 4 is 35.1 Å². The van der Waals surface area contributed by atoms with Crippen LogP contribution in [-0.4, -0.2) is 71.3 Å². The van der Waals surface area contributed by atoms with Gasteiger partial charge in [-0.3, -0.25) is 14.4 Å². The second-order valence-corrected chi connectivity index (χ2v) is 9.17. The summed E-state index contributed by atoms with van der Waals surface area (Å²) in [5.74, 6) is -3.07. The number of hydrogen-bond donors (Lipinski definition) is 1. The summed E-state index contributed by atoms with van der Waals surface area (Å²) in [7, 11) is 0. The third-order valence-corrected chi connectivity index (χ3v) is 7.43. The molecule has 0 saturated carbocycles. The van der Waals surface area contributed by atoms with E-state index in [2.05, 4.69) is 0 Å². The first-order chi connectivity index (χ1) is 15.9. The lowest BCUT2D eigenvalue weighted by molar-refractivity contribution is -0.157. The summed E-state index contributed by atoms with van der Waals surface area (Å²) in [4.78, 5) is 43.7. The molecule has 1 unspecified atom stereocenters. The van der Waals surface area contributed by atoms with E-state index in [1.807, 2.05) is 6.92 Å². The molecule has 5 atom stereocenters. The molecule has 4 heterocycles. The fraction of sp³-hybridized carbons (Fsp3) is 0.458. The third-order valence-electron chi connectivity index (χ3n) is 7.17. The molecular formula is C24H25ClN2O6. The Balaban J connectivity index is 1.66. The van der Waals surface area contributed by atoms with Gasteiger partial charge in [-0.25, -0.2) is 0 Å². The number of amides is 2. The highest BCUT2D eigenvalue weighted by Gasteiger charge is 2.75. The molecule has 5 rings (SSSR count). The van der Waals surface area contributed by atoms with E-state index in [9.17, 15) is 19.5 Å². The Labute approximate surface area is 196 Å². The number of hydrogen-bond acceptors (Lipinski definition) is 6. The molecule has 2 amide bonds. The molecule has 33 heavy (non-hydrogen) atoms. The summed E-state index contributed by atoms with van der Waals surface area (Å²) < 4.78 is 12.1. The summed E-state index contributed by atoms with van der Waals surface area (Å²) in [6, 6.07) is 5.83. The van der Waals surface area contributed by atoms with Crippen molar-refractivity contribution in [2.24, 2.45) is 11.8 Å². The smallest absolute Gasteiger partial charge is 0.313 e. The van der Waals surface area contributed by atoms with Gasteiger partial charge in [-0.1, -0.05) is 36.8 Å². The molecule has 4 aliphatic rings.